The summed E-state index contributed by atoms with van der Waals surface area (Å²) >= 11 is 2.80. The Kier molecular flexibility index (Phi) is 5.42. The van der Waals surface area contributed by atoms with Crippen LogP contribution in [0.2, 0.25) is 0 Å². The number of carbonyl (C=O) groups excluding carboxylic acids is 1. The van der Waals surface area contributed by atoms with Crippen LogP contribution in [0, 0.1) is 0 Å². The highest BCUT2D eigenvalue weighted by atomic mass is 32.2. The number of fused-ring (bicyclic) bond motifs is 1. The highest BCUT2D eigenvalue weighted by Crippen LogP contribution is 2.34. The number of rotatable bonds is 7. The summed E-state index contributed by atoms with van der Waals surface area (Å²) < 4.78 is 16.9. The van der Waals surface area contributed by atoms with Crippen LogP contribution in [0.1, 0.15) is 12.8 Å². The molecule has 2 aromatic rings. The lowest BCUT2D eigenvalue weighted by Crippen LogP contribution is -2.18. The maximum atomic E-state index is 12.1. The molecule has 8 nitrogen and oxygen atoms in total. The Morgan fingerprint density at radius 3 is 3.12 bits per heavy atom. The summed E-state index contributed by atoms with van der Waals surface area (Å²) in [6.45, 7) is 1.79. The molecule has 0 radical (unpaired) electrons. The van der Waals surface area contributed by atoms with E-state index in [2.05, 4.69) is 20.8 Å². The van der Waals surface area contributed by atoms with Crippen molar-refractivity contribution >= 4 is 39.8 Å². The molecule has 1 aromatic carbocycles. The van der Waals surface area contributed by atoms with E-state index in [9.17, 15) is 4.79 Å². The van der Waals surface area contributed by atoms with Gasteiger partial charge in [-0.3, -0.25) is 4.79 Å². The largest absolute Gasteiger partial charge is 0.454 e. The fraction of sp³-hybridized carbons (Fsp3) is 0.438. The quantitative estimate of drug-likeness (QED) is 0.692. The summed E-state index contributed by atoms with van der Waals surface area (Å²) in [5.74, 6) is 1.48. The molecule has 1 fully saturated rings. The number of carbonyl (C=O) groups is 1. The summed E-state index contributed by atoms with van der Waals surface area (Å²) in [5.41, 5.74) is 0.677. The van der Waals surface area contributed by atoms with Gasteiger partial charge in [0.05, 0.1) is 11.9 Å². The molecule has 1 atom stereocenters. The average Bonchev–Trinajstić information content (AvgIpc) is 3.38. The van der Waals surface area contributed by atoms with Crippen molar-refractivity contribution in [3.05, 3.63) is 18.2 Å². The lowest BCUT2D eigenvalue weighted by molar-refractivity contribution is -0.113. The Bertz CT molecular complexity index is 779. The second-order valence-electron chi connectivity index (χ2n) is 5.79. The van der Waals surface area contributed by atoms with E-state index in [1.165, 1.54) is 23.1 Å². The highest BCUT2D eigenvalue weighted by molar-refractivity contribution is 8.01. The third kappa shape index (κ3) is 4.37. The van der Waals surface area contributed by atoms with E-state index in [1.807, 2.05) is 0 Å². The molecule has 1 aromatic heterocycles. The third-order valence-corrected chi connectivity index (χ3v) is 5.91. The topological polar surface area (TPSA) is 94.6 Å². The molecule has 2 aliphatic heterocycles. The van der Waals surface area contributed by atoms with E-state index in [-0.39, 0.29) is 24.6 Å². The maximum Gasteiger partial charge on any atom is 0.234 e. The lowest BCUT2D eigenvalue weighted by Gasteiger charge is -2.08. The number of nitrogens with one attached hydrogen (secondary N) is 2. The van der Waals surface area contributed by atoms with Crippen molar-refractivity contribution in [3.8, 4) is 11.5 Å². The van der Waals surface area contributed by atoms with Gasteiger partial charge < -0.3 is 24.8 Å². The molecule has 4 rings (SSSR count). The van der Waals surface area contributed by atoms with E-state index in [1.54, 1.807) is 18.2 Å². The van der Waals surface area contributed by atoms with Gasteiger partial charge in [0.1, 0.15) is 0 Å². The first-order valence-electron chi connectivity index (χ1n) is 8.27. The van der Waals surface area contributed by atoms with Gasteiger partial charge in [0, 0.05) is 24.9 Å². The highest BCUT2D eigenvalue weighted by Gasteiger charge is 2.17. The minimum absolute atomic E-state index is 0.113. The smallest absolute Gasteiger partial charge is 0.234 e. The third-order valence-electron chi connectivity index (χ3n) is 3.89. The lowest BCUT2D eigenvalue weighted by atomic mass is 10.2. The van der Waals surface area contributed by atoms with Crippen LogP contribution in [0.4, 0.5) is 10.8 Å². The van der Waals surface area contributed by atoms with Crippen molar-refractivity contribution in [2.45, 2.75) is 23.3 Å². The molecule has 1 amide bonds. The molecule has 0 spiro atoms. The Hall–Kier alpha value is -2.04. The number of ether oxygens (including phenoxy) is 3. The zero-order valence-corrected chi connectivity index (χ0v) is 15.5. The molecule has 3 heterocycles. The van der Waals surface area contributed by atoms with E-state index >= 15 is 0 Å². The van der Waals surface area contributed by atoms with Gasteiger partial charge in [-0.25, -0.2) is 0 Å². The molecule has 1 unspecified atom stereocenters. The van der Waals surface area contributed by atoms with Gasteiger partial charge in [-0.15, -0.1) is 10.2 Å². The number of amides is 1. The fourth-order valence-corrected chi connectivity index (χ4v) is 4.20. The van der Waals surface area contributed by atoms with Gasteiger partial charge in [-0.1, -0.05) is 23.1 Å². The summed E-state index contributed by atoms with van der Waals surface area (Å²) in [6, 6.07) is 5.32. The van der Waals surface area contributed by atoms with Gasteiger partial charge >= 0.3 is 0 Å². The predicted octanol–water partition coefficient (Wildman–Crippen LogP) is 2.59. The van der Waals surface area contributed by atoms with Gasteiger partial charge in [-0.2, -0.15) is 0 Å². The van der Waals surface area contributed by atoms with Crippen molar-refractivity contribution in [2.75, 3.05) is 36.3 Å². The first-order valence-corrected chi connectivity index (χ1v) is 10.1. The Morgan fingerprint density at radius 1 is 1.31 bits per heavy atom. The number of thioether (sulfide) groups is 1. The first kappa shape index (κ1) is 17.4. The fourth-order valence-electron chi connectivity index (χ4n) is 2.64. The molecule has 1 saturated heterocycles. The van der Waals surface area contributed by atoms with Crippen LogP contribution in [0.25, 0.3) is 0 Å². The van der Waals surface area contributed by atoms with Crippen LogP contribution in [0.3, 0.4) is 0 Å². The molecule has 138 valence electrons. The molecule has 0 bridgehead atoms. The zero-order chi connectivity index (χ0) is 17.8. The number of aromatic nitrogens is 2. The minimum atomic E-state index is -0.113. The van der Waals surface area contributed by atoms with Gasteiger partial charge in [0.2, 0.25) is 17.8 Å². The number of hydrogen-bond acceptors (Lipinski definition) is 9. The van der Waals surface area contributed by atoms with E-state index in [0.29, 0.717) is 17.2 Å². The normalized spacial score (nSPS) is 18.1. The standard InChI is InChI=1S/C16H18N4O4S2/c21-14(18-10-3-4-12-13(6-10)24-9-23-12)8-25-16-20-19-15(26-16)17-7-11-2-1-5-22-11/h3-4,6,11H,1-2,5,7-9H2,(H,17,19)(H,18,21). The van der Waals surface area contributed by atoms with Crippen molar-refractivity contribution in [1.29, 1.82) is 0 Å². The number of benzene rings is 1. The molecule has 0 saturated carbocycles. The average molecular weight is 394 g/mol. The SMILES string of the molecule is O=C(CSc1nnc(NCC2CCCO2)s1)Nc1ccc2c(c1)OCO2. The van der Waals surface area contributed by atoms with Crippen molar-refractivity contribution in [2.24, 2.45) is 0 Å². The van der Waals surface area contributed by atoms with Crippen molar-refractivity contribution in [1.82, 2.24) is 10.2 Å². The Morgan fingerprint density at radius 2 is 2.23 bits per heavy atom. The molecule has 10 heteroatoms. The van der Waals surface area contributed by atoms with Crippen molar-refractivity contribution in [3.63, 3.8) is 0 Å². The number of hydrogen-bond donors (Lipinski definition) is 2. The van der Waals surface area contributed by atoms with Gasteiger partial charge in [0.15, 0.2) is 15.8 Å². The van der Waals surface area contributed by atoms with Gasteiger partial charge in [-0.05, 0) is 25.0 Å². The Labute approximate surface area is 158 Å². The molecule has 2 aliphatic rings. The monoisotopic (exact) mass is 394 g/mol. The van der Waals surface area contributed by atoms with Gasteiger partial charge in [0.25, 0.3) is 0 Å². The van der Waals surface area contributed by atoms with Crippen molar-refractivity contribution < 1.29 is 19.0 Å². The second-order valence-corrected chi connectivity index (χ2v) is 7.99. The molecule has 26 heavy (non-hydrogen) atoms. The number of anilines is 2. The molecular formula is C16H18N4O4S2. The van der Waals surface area contributed by atoms with Crippen LogP contribution >= 0.6 is 23.1 Å². The van der Waals surface area contributed by atoms with E-state index in [0.717, 1.165) is 35.5 Å². The van der Waals surface area contributed by atoms with Crippen LogP contribution in [-0.4, -0.2) is 47.9 Å². The first-order chi connectivity index (χ1) is 12.8. The Balaban J connectivity index is 1.23. The number of nitrogens with zero attached hydrogens (tertiary/aromatic N) is 2. The van der Waals surface area contributed by atoms with Crippen LogP contribution in [-0.2, 0) is 9.53 Å². The summed E-state index contributed by atoms with van der Waals surface area (Å²) in [7, 11) is 0. The summed E-state index contributed by atoms with van der Waals surface area (Å²) in [6.07, 6.45) is 2.44. The minimum Gasteiger partial charge on any atom is -0.454 e. The maximum absolute atomic E-state index is 12.1. The second kappa shape index (κ2) is 8.11. The van der Waals surface area contributed by atoms with E-state index in [4.69, 9.17) is 14.2 Å². The molecule has 0 aliphatic carbocycles. The zero-order valence-electron chi connectivity index (χ0n) is 13.9. The molecule has 2 N–H and O–H groups in total. The van der Waals surface area contributed by atoms with Crippen LogP contribution in [0.5, 0.6) is 11.5 Å². The summed E-state index contributed by atoms with van der Waals surface area (Å²) in [5, 5.41) is 15.0. The van der Waals surface area contributed by atoms with Crippen LogP contribution in [0.15, 0.2) is 22.5 Å². The van der Waals surface area contributed by atoms with E-state index < -0.39 is 0 Å². The van der Waals surface area contributed by atoms with Crippen LogP contribution < -0.4 is 20.1 Å². The summed E-state index contributed by atoms with van der Waals surface area (Å²) in [4.78, 5) is 12.1. The molecular weight excluding hydrogens is 376 g/mol. The predicted molar refractivity (Wildman–Crippen MR) is 99.3 cm³/mol.